The SMILES string of the molecule is CC(N)C1CCCCN1c1ccc([N+](=O)[O-])cc1I. The minimum absolute atomic E-state index is 0.103. The zero-order valence-electron chi connectivity index (χ0n) is 10.9. The summed E-state index contributed by atoms with van der Waals surface area (Å²) >= 11 is 2.17. The Morgan fingerprint density at radius 1 is 1.53 bits per heavy atom. The third-order valence-electron chi connectivity index (χ3n) is 3.61. The van der Waals surface area contributed by atoms with E-state index in [1.165, 1.54) is 6.42 Å². The first-order chi connectivity index (χ1) is 9.00. The van der Waals surface area contributed by atoms with Crippen molar-refractivity contribution in [3.63, 3.8) is 0 Å². The van der Waals surface area contributed by atoms with E-state index < -0.39 is 0 Å². The third-order valence-corrected chi connectivity index (χ3v) is 4.47. The molecule has 1 fully saturated rings. The molecule has 1 aromatic carbocycles. The number of nitrogens with two attached hydrogens (primary N) is 1. The molecular weight excluding hydrogens is 357 g/mol. The molecule has 0 saturated carbocycles. The number of benzene rings is 1. The van der Waals surface area contributed by atoms with Crippen LogP contribution in [0, 0.1) is 13.7 Å². The molecule has 0 spiro atoms. The number of anilines is 1. The van der Waals surface area contributed by atoms with Gasteiger partial charge in [-0.15, -0.1) is 0 Å². The van der Waals surface area contributed by atoms with Gasteiger partial charge in [0.1, 0.15) is 0 Å². The summed E-state index contributed by atoms with van der Waals surface area (Å²) in [5, 5.41) is 10.8. The Balaban J connectivity index is 2.31. The molecule has 2 rings (SSSR count). The highest BCUT2D eigenvalue weighted by Gasteiger charge is 2.27. The standard InChI is InChI=1S/C13H18IN3O2/c1-9(15)12-4-2-3-7-16(12)13-6-5-10(17(18)19)8-11(13)14/h5-6,8-9,12H,2-4,7,15H2,1H3. The Bertz CT molecular complexity index is 479. The average Bonchev–Trinajstić information content (AvgIpc) is 2.38. The predicted octanol–water partition coefficient (Wildman–Crippen LogP) is 2.91. The van der Waals surface area contributed by atoms with Crippen LogP contribution in [0.4, 0.5) is 11.4 Å². The molecule has 2 unspecified atom stereocenters. The van der Waals surface area contributed by atoms with E-state index in [0.29, 0.717) is 6.04 Å². The largest absolute Gasteiger partial charge is 0.366 e. The van der Waals surface area contributed by atoms with E-state index in [1.807, 2.05) is 13.0 Å². The topological polar surface area (TPSA) is 72.4 Å². The van der Waals surface area contributed by atoms with Crippen molar-refractivity contribution in [2.45, 2.75) is 38.3 Å². The summed E-state index contributed by atoms with van der Waals surface area (Å²) < 4.78 is 0.916. The minimum Gasteiger partial charge on any atom is -0.366 e. The summed E-state index contributed by atoms with van der Waals surface area (Å²) in [6.07, 6.45) is 3.44. The number of rotatable bonds is 3. The second-order valence-corrected chi connectivity index (χ2v) is 6.17. The highest BCUT2D eigenvalue weighted by atomic mass is 127. The minimum atomic E-state index is -0.356. The van der Waals surface area contributed by atoms with Gasteiger partial charge in [-0.25, -0.2) is 0 Å². The number of nitro benzene ring substituents is 1. The second-order valence-electron chi connectivity index (χ2n) is 5.01. The summed E-state index contributed by atoms with van der Waals surface area (Å²) in [7, 11) is 0. The summed E-state index contributed by atoms with van der Waals surface area (Å²) in [6.45, 7) is 3.00. The molecule has 2 atom stereocenters. The molecule has 0 amide bonds. The van der Waals surface area contributed by atoms with Gasteiger partial charge in [0.2, 0.25) is 0 Å². The molecular formula is C13H18IN3O2. The first kappa shape index (κ1) is 14.5. The number of nitrogens with zero attached hydrogens (tertiary/aromatic N) is 2. The molecule has 1 saturated heterocycles. The van der Waals surface area contributed by atoms with E-state index in [1.54, 1.807) is 12.1 Å². The monoisotopic (exact) mass is 375 g/mol. The van der Waals surface area contributed by atoms with Crippen LogP contribution >= 0.6 is 22.6 Å². The maximum Gasteiger partial charge on any atom is 0.270 e. The van der Waals surface area contributed by atoms with Crippen molar-refractivity contribution in [3.05, 3.63) is 31.9 Å². The van der Waals surface area contributed by atoms with E-state index in [9.17, 15) is 10.1 Å². The summed E-state index contributed by atoms with van der Waals surface area (Å²) in [5.41, 5.74) is 7.28. The Kier molecular flexibility index (Phi) is 4.62. The Hall–Kier alpha value is -0.890. The lowest BCUT2D eigenvalue weighted by Gasteiger charge is -2.40. The number of nitro groups is 1. The lowest BCUT2D eigenvalue weighted by molar-refractivity contribution is -0.384. The van der Waals surface area contributed by atoms with E-state index in [0.717, 1.165) is 28.6 Å². The number of non-ortho nitro benzene ring substituents is 1. The fraction of sp³-hybridized carbons (Fsp3) is 0.538. The third kappa shape index (κ3) is 3.17. The van der Waals surface area contributed by atoms with Crippen LogP contribution in [0.3, 0.4) is 0 Å². The van der Waals surface area contributed by atoms with E-state index in [2.05, 4.69) is 27.5 Å². The van der Waals surface area contributed by atoms with Crippen LogP contribution in [0.1, 0.15) is 26.2 Å². The number of halogens is 1. The van der Waals surface area contributed by atoms with Crippen molar-refractivity contribution < 1.29 is 4.92 Å². The normalized spacial score (nSPS) is 21.2. The van der Waals surface area contributed by atoms with Crippen LogP contribution in [0.2, 0.25) is 0 Å². The first-order valence-corrected chi connectivity index (χ1v) is 7.54. The Morgan fingerprint density at radius 3 is 2.84 bits per heavy atom. The molecule has 0 radical (unpaired) electrons. The van der Waals surface area contributed by atoms with Gasteiger partial charge in [-0.2, -0.15) is 0 Å². The van der Waals surface area contributed by atoms with Crippen LogP contribution in [0.15, 0.2) is 18.2 Å². The molecule has 5 nitrogen and oxygen atoms in total. The summed E-state index contributed by atoms with van der Waals surface area (Å²) in [5.74, 6) is 0. The Labute approximate surface area is 126 Å². The molecule has 0 aliphatic carbocycles. The van der Waals surface area contributed by atoms with Crippen molar-refractivity contribution >= 4 is 34.0 Å². The molecule has 1 heterocycles. The lowest BCUT2D eigenvalue weighted by atomic mass is 9.96. The molecule has 2 N–H and O–H groups in total. The van der Waals surface area contributed by atoms with Gasteiger partial charge in [0.05, 0.1) is 10.6 Å². The molecule has 1 aromatic rings. The smallest absolute Gasteiger partial charge is 0.270 e. The van der Waals surface area contributed by atoms with E-state index in [4.69, 9.17) is 5.73 Å². The van der Waals surface area contributed by atoms with Crippen LogP contribution < -0.4 is 10.6 Å². The van der Waals surface area contributed by atoms with Crippen LogP contribution in [0.5, 0.6) is 0 Å². The van der Waals surface area contributed by atoms with Crippen LogP contribution in [0.25, 0.3) is 0 Å². The van der Waals surface area contributed by atoms with Gasteiger partial charge in [-0.1, -0.05) is 0 Å². The molecule has 104 valence electrons. The van der Waals surface area contributed by atoms with Crippen molar-refractivity contribution in [2.75, 3.05) is 11.4 Å². The maximum absolute atomic E-state index is 10.8. The number of hydrogen-bond donors (Lipinski definition) is 1. The fourth-order valence-corrected chi connectivity index (χ4v) is 3.45. The fourth-order valence-electron chi connectivity index (χ4n) is 2.65. The quantitative estimate of drug-likeness (QED) is 0.501. The van der Waals surface area contributed by atoms with Crippen molar-refractivity contribution in [2.24, 2.45) is 5.73 Å². The van der Waals surface area contributed by atoms with Gasteiger partial charge in [-0.3, -0.25) is 10.1 Å². The Morgan fingerprint density at radius 2 is 2.26 bits per heavy atom. The van der Waals surface area contributed by atoms with Gasteiger partial charge in [0.25, 0.3) is 5.69 Å². The van der Waals surface area contributed by atoms with Crippen molar-refractivity contribution in [1.82, 2.24) is 0 Å². The highest BCUT2D eigenvalue weighted by molar-refractivity contribution is 14.1. The van der Waals surface area contributed by atoms with Crippen LogP contribution in [-0.4, -0.2) is 23.6 Å². The maximum atomic E-state index is 10.8. The summed E-state index contributed by atoms with van der Waals surface area (Å²) in [4.78, 5) is 12.7. The molecule has 6 heteroatoms. The van der Waals surface area contributed by atoms with E-state index in [-0.39, 0.29) is 16.7 Å². The molecule has 1 aliphatic rings. The number of hydrogen-bond acceptors (Lipinski definition) is 4. The van der Waals surface area contributed by atoms with Gasteiger partial charge in [0.15, 0.2) is 0 Å². The van der Waals surface area contributed by atoms with Crippen molar-refractivity contribution in [3.8, 4) is 0 Å². The van der Waals surface area contributed by atoms with Crippen molar-refractivity contribution in [1.29, 1.82) is 0 Å². The molecule has 0 aromatic heterocycles. The van der Waals surface area contributed by atoms with Gasteiger partial charge in [0, 0.05) is 34.3 Å². The second kappa shape index (κ2) is 6.04. The zero-order valence-corrected chi connectivity index (χ0v) is 13.0. The first-order valence-electron chi connectivity index (χ1n) is 6.47. The predicted molar refractivity (Wildman–Crippen MR) is 84.4 cm³/mol. The van der Waals surface area contributed by atoms with Gasteiger partial charge >= 0.3 is 0 Å². The van der Waals surface area contributed by atoms with Gasteiger partial charge < -0.3 is 10.6 Å². The molecule has 1 aliphatic heterocycles. The number of piperidine rings is 1. The van der Waals surface area contributed by atoms with Crippen LogP contribution in [-0.2, 0) is 0 Å². The average molecular weight is 375 g/mol. The zero-order chi connectivity index (χ0) is 14.0. The highest BCUT2D eigenvalue weighted by Crippen LogP contribution is 2.32. The van der Waals surface area contributed by atoms with Gasteiger partial charge in [-0.05, 0) is 54.8 Å². The molecule has 0 bridgehead atoms. The summed E-state index contributed by atoms with van der Waals surface area (Å²) in [6, 6.07) is 5.48. The lowest BCUT2D eigenvalue weighted by Crippen LogP contribution is -2.49. The van der Waals surface area contributed by atoms with E-state index >= 15 is 0 Å². The molecule has 19 heavy (non-hydrogen) atoms.